The molecule has 1 N–H and O–H groups in total. The van der Waals surface area contributed by atoms with Crippen LogP contribution < -0.4 is 5.43 Å². The van der Waals surface area contributed by atoms with Crippen molar-refractivity contribution in [2.75, 3.05) is 40.5 Å². The SMILES string of the molecule is COCCCN(CCOC)C(=O)c1c[nH]ccc1=O. The van der Waals surface area contributed by atoms with Crippen molar-refractivity contribution in [3.05, 3.63) is 34.2 Å². The summed E-state index contributed by atoms with van der Waals surface area (Å²) in [6.07, 6.45) is 3.65. The van der Waals surface area contributed by atoms with Gasteiger partial charge in [0.1, 0.15) is 5.56 Å². The van der Waals surface area contributed by atoms with Crippen molar-refractivity contribution in [2.24, 2.45) is 0 Å². The third-order valence-electron chi connectivity index (χ3n) is 2.68. The van der Waals surface area contributed by atoms with Crippen molar-refractivity contribution in [3.8, 4) is 0 Å². The first-order valence-corrected chi connectivity index (χ1v) is 6.15. The summed E-state index contributed by atoms with van der Waals surface area (Å²) in [5, 5.41) is 0. The van der Waals surface area contributed by atoms with Crippen molar-refractivity contribution in [1.29, 1.82) is 0 Å². The highest BCUT2D eigenvalue weighted by Gasteiger charge is 2.17. The van der Waals surface area contributed by atoms with E-state index in [1.165, 1.54) is 18.5 Å². The predicted octanol–water partition coefficient (Wildman–Crippen LogP) is 0.500. The Hall–Kier alpha value is -1.66. The Labute approximate surface area is 112 Å². The predicted molar refractivity (Wildman–Crippen MR) is 71.3 cm³/mol. The molecule has 1 aromatic heterocycles. The molecule has 0 aliphatic rings. The maximum atomic E-state index is 12.3. The van der Waals surface area contributed by atoms with Gasteiger partial charge in [0.15, 0.2) is 5.43 Å². The second-order valence-electron chi connectivity index (χ2n) is 4.05. The number of carbonyl (C=O) groups excluding carboxylic acids is 1. The summed E-state index contributed by atoms with van der Waals surface area (Å²) in [5.74, 6) is -0.282. The van der Waals surface area contributed by atoms with Crippen LogP contribution in [0.5, 0.6) is 0 Å². The number of amides is 1. The largest absolute Gasteiger partial charge is 0.385 e. The van der Waals surface area contributed by atoms with Crippen LogP contribution in [0.1, 0.15) is 16.8 Å². The molecule has 0 aromatic carbocycles. The second kappa shape index (κ2) is 8.44. The van der Waals surface area contributed by atoms with Crippen LogP contribution in [0.3, 0.4) is 0 Å². The first-order chi connectivity index (χ1) is 9.20. The molecule has 0 bridgehead atoms. The highest BCUT2D eigenvalue weighted by atomic mass is 16.5. The lowest BCUT2D eigenvalue weighted by molar-refractivity contribution is 0.0672. The van der Waals surface area contributed by atoms with E-state index in [0.717, 1.165) is 6.42 Å². The zero-order chi connectivity index (χ0) is 14.1. The maximum Gasteiger partial charge on any atom is 0.259 e. The number of ether oxygens (including phenoxy) is 2. The lowest BCUT2D eigenvalue weighted by atomic mass is 10.2. The number of hydrogen-bond donors (Lipinski definition) is 1. The summed E-state index contributed by atoms with van der Waals surface area (Å²) in [5.41, 5.74) is -0.131. The van der Waals surface area contributed by atoms with E-state index in [0.29, 0.717) is 26.3 Å². The highest BCUT2D eigenvalue weighted by molar-refractivity contribution is 5.93. The van der Waals surface area contributed by atoms with Gasteiger partial charge in [-0.3, -0.25) is 9.59 Å². The van der Waals surface area contributed by atoms with Crippen molar-refractivity contribution in [2.45, 2.75) is 6.42 Å². The van der Waals surface area contributed by atoms with Crippen LogP contribution in [-0.4, -0.2) is 56.3 Å². The number of rotatable bonds is 8. The Morgan fingerprint density at radius 2 is 2.00 bits per heavy atom. The molecule has 6 nitrogen and oxygen atoms in total. The number of methoxy groups -OCH3 is 2. The lowest BCUT2D eigenvalue weighted by Gasteiger charge is -2.22. The molecule has 0 unspecified atom stereocenters. The number of aromatic nitrogens is 1. The number of carbonyl (C=O) groups is 1. The quantitative estimate of drug-likeness (QED) is 0.697. The molecule has 0 radical (unpaired) electrons. The monoisotopic (exact) mass is 268 g/mol. The molecular weight excluding hydrogens is 248 g/mol. The van der Waals surface area contributed by atoms with Crippen LogP contribution in [0, 0.1) is 0 Å². The average Bonchev–Trinajstić information content (AvgIpc) is 2.42. The molecule has 1 rings (SSSR count). The Bertz CT molecular complexity index is 444. The van der Waals surface area contributed by atoms with Crippen LogP contribution in [-0.2, 0) is 9.47 Å². The van der Waals surface area contributed by atoms with Gasteiger partial charge < -0.3 is 19.4 Å². The summed E-state index contributed by atoms with van der Waals surface area (Å²) in [6, 6.07) is 1.34. The molecule has 6 heteroatoms. The van der Waals surface area contributed by atoms with E-state index in [-0.39, 0.29) is 16.9 Å². The number of nitrogens with one attached hydrogen (secondary N) is 1. The molecule has 1 heterocycles. The fraction of sp³-hybridized carbons (Fsp3) is 0.538. The third kappa shape index (κ3) is 4.84. The van der Waals surface area contributed by atoms with Gasteiger partial charge in [-0.2, -0.15) is 0 Å². The molecule has 1 amide bonds. The van der Waals surface area contributed by atoms with E-state index in [4.69, 9.17) is 9.47 Å². The van der Waals surface area contributed by atoms with Crippen molar-refractivity contribution < 1.29 is 14.3 Å². The Kier molecular flexibility index (Phi) is 6.84. The Morgan fingerprint density at radius 1 is 1.26 bits per heavy atom. The normalized spacial score (nSPS) is 10.4. The molecule has 0 spiro atoms. The minimum atomic E-state index is -0.282. The number of nitrogens with zero attached hydrogens (tertiary/aromatic N) is 1. The van der Waals surface area contributed by atoms with Crippen LogP contribution in [0.15, 0.2) is 23.3 Å². The molecular formula is C13H20N2O4. The van der Waals surface area contributed by atoms with E-state index >= 15 is 0 Å². The van der Waals surface area contributed by atoms with Crippen molar-refractivity contribution in [3.63, 3.8) is 0 Å². The number of pyridine rings is 1. The van der Waals surface area contributed by atoms with Crippen LogP contribution in [0.25, 0.3) is 0 Å². The summed E-state index contributed by atoms with van der Waals surface area (Å²) < 4.78 is 9.95. The molecule has 19 heavy (non-hydrogen) atoms. The van der Waals surface area contributed by atoms with Gasteiger partial charge in [-0.1, -0.05) is 0 Å². The van der Waals surface area contributed by atoms with Crippen molar-refractivity contribution >= 4 is 5.91 Å². The summed E-state index contributed by atoms with van der Waals surface area (Å²) in [4.78, 5) is 28.3. The van der Waals surface area contributed by atoms with Gasteiger partial charge in [0.05, 0.1) is 6.61 Å². The highest BCUT2D eigenvalue weighted by Crippen LogP contribution is 2.01. The fourth-order valence-corrected chi connectivity index (χ4v) is 1.67. The Balaban J connectivity index is 2.75. The fourth-order valence-electron chi connectivity index (χ4n) is 1.67. The first-order valence-electron chi connectivity index (χ1n) is 6.15. The summed E-state index contributed by atoms with van der Waals surface area (Å²) >= 11 is 0. The van der Waals surface area contributed by atoms with E-state index in [9.17, 15) is 9.59 Å². The summed E-state index contributed by atoms with van der Waals surface area (Å²) in [7, 11) is 3.19. The van der Waals surface area contributed by atoms with Gasteiger partial charge in [-0.05, 0) is 6.42 Å². The first kappa shape index (κ1) is 15.4. The zero-order valence-corrected chi connectivity index (χ0v) is 11.3. The van der Waals surface area contributed by atoms with Crippen LogP contribution in [0.4, 0.5) is 0 Å². The molecule has 0 atom stereocenters. The van der Waals surface area contributed by atoms with Crippen LogP contribution in [0.2, 0.25) is 0 Å². The number of aromatic amines is 1. The topological polar surface area (TPSA) is 71.6 Å². The van der Waals surface area contributed by atoms with Gasteiger partial charge in [-0.25, -0.2) is 0 Å². The lowest BCUT2D eigenvalue weighted by Crippen LogP contribution is -2.37. The second-order valence-corrected chi connectivity index (χ2v) is 4.05. The molecule has 106 valence electrons. The van der Waals surface area contributed by atoms with E-state index < -0.39 is 0 Å². The van der Waals surface area contributed by atoms with Gasteiger partial charge in [0.2, 0.25) is 0 Å². The van der Waals surface area contributed by atoms with E-state index in [1.54, 1.807) is 19.1 Å². The standard InChI is InChI=1S/C13H20N2O4/c1-18-8-3-6-15(7-9-19-2)13(17)11-10-14-5-4-12(11)16/h4-5,10H,3,6-9H2,1-2H3,(H,14,16). The summed E-state index contributed by atoms with van der Waals surface area (Å²) in [6.45, 7) is 1.99. The molecule has 1 aromatic rings. The molecule has 0 fully saturated rings. The average molecular weight is 268 g/mol. The molecule has 0 aliphatic carbocycles. The smallest absolute Gasteiger partial charge is 0.259 e. The minimum Gasteiger partial charge on any atom is -0.385 e. The van der Waals surface area contributed by atoms with Crippen LogP contribution >= 0.6 is 0 Å². The van der Waals surface area contributed by atoms with Gasteiger partial charge >= 0.3 is 0 Å². The van der Waals surface area contributed by atoms with Gasteiger partial charge in [-0.15, -0.1) is 0 Å². The zero-order valence-electron chi connectivity index (χ0n) is 11.3. The van der Waals surface area contributed by atoms with E-state index in [2.05, 4.69) is 4.98 Å². The maximum absolute atomic E-state index is 12.3. The van der Waals surface area contributed by atoms with Gasteiger partial charge in [0.25, 0.3) is 5.91 Å². The molecule has 0 aliphatic heterocycles. The molecule has 0 saturated carbocycles. The Morgan fingerprint density at radius 3 is 2.63 bits per heavy atom. The third-order valence-corrected chi connectivity index (χ3v) is 2.68. The minimum absolute atomic E-state index is 0.149. The van der Waals surface area contributed by atoms with Gasteiger partial charge in [0, 0.05) is 52.4 Å². The van der Waals surface area contributed by atoms with E-state index in [1.807, 2.05) is 0 Å². The number of H-pyrrole nitrogens is 1. The van der Waals surface area contributed by atoms with Crippen molar-refractivity contribution in [1.82, 2.24) is 9.88 Å². The number of hydrogen-bond acceptors (Lipinski definition) is 4. The molecule has 0 saturated heterocycles.